The van der Waals surface area contributed by atoms with E-state index < -0.39 is 102 Å². The summed E-state index contributed by atoms with van der Waals surface area (Å²) in [5.41, 5.74) is -3.78. The molecule has 0 amide bonds. The van der Waals surface area contributed by atoms with E-state index >= 15 is 0 Å². The van der Waals surface area contributed by atoms with Crippen LogP contribution < -0.4 is 5.32 Å². The smallest absolute Gasteiger partial charge is 0.459 e. The van der Waals surface area contributed by atoms with Crippen LogP contribution in [0.5, 0.6) is 0 Å². The number of hydrogen-bond acceptors (Lipinski definition) is 16. The standard InChI is InChI=1S/C45H76N2O14/c1-14-33-45(10,53)37(48)29(6)46-23-25(2)21-43(8,52)39(27(4)35(28(5)40(50)58-33)59-34-22-44(9,54-13)38(49)30(7)57-34)61-41-36(32(47(11)12)20-26(3)56-41)60-42(51)55-24-31-18-16-15-17-19-31/h15-19,25-30,32-39,41,46,48-49,52-53H,14,20-24H2,1-13H3/t25-,26-,27+,28-,29-,30+,32+,33?,34+,35+,36-,37-,38+,39-,41+,43-,44-,45-/m1/s1. The van der Waals surface area contributed by atoms with Crippen molar-refractivity contribution in [2.75, 3.05) is 27.7 Å². The summed E-state index contributed by atoms with van der Waals surface area (Å²) in [5.74, 6) is -2.86. The number of aliphatic hydroxyl groups is 4. The van der Waals surface area contributed by atoms with E-state index in [0.717, 1.165) is 5.56 Å². The first kappa shape index (κ1) is 51.2. The summed E-state index contributed by atoms with van der Waals surface area (Å²) < 4.78 is 49.8. The fourth-order valence-electron chi connectivity index (χ4n) is 9.33. The average molecular weight is 869 g/mol. The van der Waals surface area contributed by atoms with Crippen molar-refractivity contribution < 1.29 is 67.9 Å². The molecule has 3 saturated heterocycles. The van der Waals surface area contributed by atoms with Gasteiger partial charge < -0.3 is 68.5 Å². The zero-order valence-electron chi connectivity index (χ0n) is 38.6. The summed E-state index contributed by atoms with van der Waals surface area (Å²) in [6.45, 7) is 17.6. The molecule has 1 aromatic rings. The molecule has 0 bridgehead atoms. The molecule has 18 atom stereocenters. The summed E-state index contributed by atoms with van der Waals surface area (Å²) in [7, 11) is 5.24. The minimum Gasteiger partial charge on any atom is -0.459 e. The Bertz CT molecular complexity index is 1530. The number of carbonyl (C=O) groups is 2. The second-order valence-electron chi connectivity index (χ2n) is 18.8. The average Bonchev–Trinajstić information content (AvgIpc) is 3.20. The van der Waals surface area contributed by atoms with Gasteiger partial charge in [-0.2, -0.15) is 0 Å². The normalized spacial score (nSPS) is 43.4. The van der Waals surface area contributed by atoms with Crippen LogP contribution in [0.15, 0.2) is 30.3 Å². The molecule has 0 radical (unpaired) electrons. The topological polar surface area (TPSA) is 204 Å². The molecule has 0 spiro atoms. The van der Waals surface area contributed by atoms with Gasteiger partial charge >= 0.3 is 12.1 Å². The predicted octanol–water partition coefficient (Wildman–Crippen LogP) is 3.92. The lowest BCUT2D eigenvalue weighted by molar-refractivity contribution is -0.318. The van der Waals surface area contributed by atoms with E-state index in [4.69, 9.17) is 37.9 Å². The Hall–Kier alpha value is -2.48. The number of benzene rings is 1. The van der Waals surface area contributed by atoms with Gasteiger partial charge in [-0.3, -0.25) is 4.79 Å². The summed E-state index contributed by atoms with van der Waals surface area (Å²) >= 11 is 0. The number of aliphatic hydroxyl groups excluding tert-OH is 2. The number of rotatable bonds is 10. The van der Waals surface area contributed by atoms with E-state index in [1.807, 2.05) is 63.2 Å². The lowest BCUT2D eigenvalue weighted by atomic mass is 9.77. The van der Waals surface area contributed by atoms with Crippen molar-refractivity contribution in [2.24, 2.45) is 17.8 Å². The van der Waals surface area contributed by atoms with Gasteiger partial charge in [-0.25, -0.2) is 4.79 Å². The Morgan fingerprint density at radius 1 is 0.934 bits per heavy atom. The maximum Gasteiger partial charge on any atom is 0.509 e. The van der Waals surface area contributed by atoms with E-state index in [0.29, 0.717) is 13.0 Å². The molecule has 1 unspecified atom stereocenters. The monoisotopic (exact) mass is 869 g/mol. The van der Waals surface area contributed by atoms with E-state index in [2.05, 4.69) is 5.32 Å². The molecule has 0 aliphatic carbocycles. The van der Waals surface area contributed by atoms with Gasteiger partial charge in [0.1, 0.15) is 30.5 Å². The number of nitrogens with zero attached hydrogens (tertiary/aromatic N) is 1. The third-order valence-electron chi connectivity index (χ3n) is 13.1. The lowest BCUT2D eigenvalue weighted by Crippen LogP contribution is -2.61. The summed E-state index contributed by atoms with van der Waals surface area (Å²) in [4.78, 5) is 29.7. The van der Waals surface area contributed by atoms with Gasteiger partial charge in [0.05, 0.1) is 47.6 Å². The van der Waals surface area contributed by atoms with Crippen LogP contribution in [0.3, 0.4) is 0 Å². The lowest BCUT2D eigenvalue weighted by Gasteiger charge is -2.49. The SMILES string of the molecule is CCC1OC(=O)[C@H](C)[C@@H](O[C@H]2C[C@@](C)(OC)[C@@H](O)[C@H](C)O2)[C@H](C)[C@@H](O[C@@H]2O[C@H](C)C[C@H](N(C)C)[C@H]2OC(=O)OCc2ccccc2)[C@](C)(O)C[C@@H](C)CN[C@H](C)[C@@H](O)[C@]1(C)O. The number of ether oxygens (including phenoxy) is 8. The summed E-state index contributed by atoms with van der Waals surface area (Å²) in [6, 6.07) is 8.22. The summed E-state index contributed by atoms with van der Waals surface area (Å²) in [6.07, 6.45) is -9.94. The molecule has 350 valence electrons. The molecule has 3 fully saturated rings. The van der Waals surface area contributed by atoms with Crippen LogP contribution >= 0.6 is 0 Å². The van der Waals surface area contributed by atoms with Gasteiger partial charge in [0.15, 0.2) is 18.7 Å². The second-order valence-corrected chi connectivity index (χ2v) is 18.8. The zero-order chi connectivity index (χ0) is 45.6. The molecule has 61 heavy (non-hydrogen) atoms. The van der Waals surface area contributed by atoms with Crippen molar-refractivity contribution >= 4 is 12.1 Å². The molecular weight excluding hydrogens is 792 g/mol. The van der Waals surface area contributed by atoms with Crippen molar-refractivity contribution in [1.29, 1.82) is 0 Å². The van der Waals surface area contributed by atoms with Gasteiger partial charge in [-0.15, -0.1) is 0 Å². The Labute approximate surface area is 362 Å². The molecular formula is C45H76N2O14. The molecule has 0 saturated carbocycles. The number of methoxy groups -OCH3 is 1. The van der Waals surface area contributed by atoms with E-state index in [-0.39, 0.29) is 43.9 Å². The number of nitrogens with one attached hydrogen (secondary N) is 1. The largest absolute Gasteiger partial charge is 0.509 e. The van der Waals surface area contributed by atoms with Crippen LogP contribution in [0, 0.1) is 17.8 Å². The van der Waals surface area contributed by atoms with Gasteiger partial charge in [0.2, 0.25) is 0 Å². The van der Waals surface area contributed by atoms with E-state index in [9.17, 15) is 30.0 Å². The third-order valence-corrected chi connectivity index (χ3v) is 13.1. The van der Waals surface area contributed by atoms with Crippen molar-refractivity contribution in [3.63, 3.8) is 0 Å². The van der Waals surface area contributed by atoms with Gasteiger partial charge in [0, 0.05) is 25.5 Å². The van der Waals surface area contributed by atoms with Gasteiger partial charge in [-0.05, 0) is 99.9 Å². The zero-order valence-corrected chi connectivity index (χ0v) is 38.6. The fraction of sp³-hybridized carbons (Fsp3) is 0.822. The van der Waals surface area contributed by atoms with Crippen molar-refractivity contribution in [2.45, 2.75) is 192 Å². The number of cyclic esters (lactones) is 1. The Morgan fingerprint density at radius 3 is 2.20 bits per heavy atom. The molecule has 4 rings (SSSR count). The molecule has 0 aromatic heterocycles. The highest BCUT2D eigenvalue weighted by Crippen LogP contribution is 2.40. The number of hydrogen-bond donors (Lipinski definition) is 5. The highest BCUT2D eigenvalue weighted by atomic mass is 16.8. The maximum atomic E-state index is 14.4. The maximum absolute atomic E-state index is 14.4. The Balaban J connectivity index is 1.81. The molecule has 16 nitrogen and oxygen atoms in total. The van der Waals surface area contributed by atoms with Crippen LogP contribution in [-0.4, -0.2) is 155 Å². The predicted molar refractivity (Wildman–Crippen MR) is 225 cm³/mol. The van der Waals surface area contributed by atoms with Crippen molar-refractivity contribution in [3.05, 3.63) is 35.9 Å². The minimum atomic E-state index is -1.84. The quantitative estimate of drug-likeness (QED) is 0.212. The number of esters is 1. The first-order chi connectivity index (χ1) is 28.4. The highest BCUT2D eigenvalue weighted by Gasteiger charge is 2.53. The van der Waals surface area contributed by atoms with Crippen LogP contribution in [0.25, 0.3) is 0 Å². The molecule has 3 aliphatic rings. The molecule has 5 N–H and O–H groups in total. The fourth-order valence-corrected chi connectivity index (χ4v) is 9.33. The van der Waals surface area contributed by atoms with Crippen LogP contribution in [0.2, 0.25) is 0 Å². The molecule has 3 heterocycles. The third kappa shape index (κ3) is 12.6. The van der Waals surface area contributed by atoms with Crippen LogP contribution in [0.1, 0.15) is 100 Å². The number of likely N-dealkylation sites (N-methyl/N-ethyl adjacent to an activating group) is 1. The Morgan fingerprint density at radius 2 is 1.59 bits per heavy atom. The van der Waals surface area contributed by atoms with Crippen LogP contribution in [0.4, 0.5) is 4.79 Å². The first-order valence-electron chi connectivity index (χ1n) is 21.9. The molecule has 16 heteroatoms. The molecule has 3 aliphatic heterocycles. The van der Waals surface area contributed by atoms with E-state index in [1.54, 1.807) is 48.5 Å². The Kier molecular flexibility index (Phi) is 18.0. The molecule has 1 aromatic carbocycles. The van der Waals surface area contributed by atoms with Gasteiger partial charge in [-0.1, -0.05) is 51.1 Å². The number of carbonyl (C=O) groups excluding carboxylic acids is 2. The second kappa shape index (κ2) is 21.5. The highest BCUT2D eigenvalue weighted by molar-refractivity contribution is 5.73. The van der Waals surface area contributed by atoms with Crippen LogP contribution in [-0.2, 0) is 49.3 Å². The van der Waals surface area contributed by atoms with Crippen molar-refractivity contribution in [3.8, 4) is 0 Å². The van der Waals surface area contributed by atoms with Gasteiger partial charge in [0.25, 0.3) is 0 Å². The van der Waals surface area contributed by atoms with E-state index in [1.165, 1.54) is 14.0 Å². The minimum absolute atomic E-state index is 0.0138. The van der Waals surface area contributed by atoms with Crippen molar-refractivity contribution in [1.82, 2.24) is 10.2 Å². The first-order valence-corrected chi connectivity index (χ1v) is 21.9. The summed E-state index contributed by atoms with van der Waals surface area (Å²) in [5, 5.41) is 50.2.